The van der Waals surface area contributed by atoms with Crippen LogP contribution in [-0.2, 0) is 11.2 Å². The smallest absolute Gasteiger partial charge is 0.222 e. The number of hydrogen-bond acceptors (Lipinski definition) is 3. The highest BCUT2D eigenvalue weighted by Crippen LogP contribution is 2.29. The number of aryl methyl sites for hydroxylation is 1. The average Bonchev–Trinajstić information content (AvgIpc) is 3.18. The summed E-state index contributed by atoms with van der Waals surface area (Å²) < 4.78 is 0. The van der Waals surface area contributed by atoms with Crippen LogP contribution in [0.5, 0.6) is 0 Å². The van der Waals surface area contributed by atoms with Crippen LogP contribution in [0, 0.1) is 0 Å². The van der Waals surface area contributed by atoms with Gasteiger partial charge in [0.2, 0.25) is 5.91 Å². The summed E-state index contributed by atoms with van der Waals surface area (Å²) in [5, 5.41) is 2.11. The second kappa shape index (κ2) is 6.93. The number of thiophene rings is 1. The van der Waals surface area contributed by atoms with Crippen LogP contribution in [0.25, 0.3) is 0 Å². The monoisotopic (exact) mass is 306 g/mol. The van der Waals surface area contributed by atoms with Crippen LogP contribution in [0.3, 0.4) is 0 Å². The van der Waals surface area contributed by atoms with Crippen molar-refractivity contribution in [3.8, 4) is 0 Å². The predicted molar refractivity (Wildman–Crippen MR) is 87.6 cm³/mol. The van der Waals surface area contributed by atoms with Crippen LogP contribution in [0.15, 0.2) is 17.5 Å². The van der Waals surface area contributed by atoms with Crippen molar-refractivity contribution >= 4 is 17.2 Å². The fourth-order valence-electron chi connectivity index (χ4n) is 3.94. The van der Waals surface area contributed by atoms with Crippen molar-refractivity contribution in [1.29, 1.82) is 0 Å². The molecule has 0 bridgehead atoms. The molecule has 2 fully saturated rings. The van der Waals surface area contributed by atoms with Gasteiger partial charge < -0.3 is 9.80 Å². The van der Waals surface area contributed by atoms with E-state index in [2.05, 4.69) is 34.4 Å². The molecule has 3 nitrogen and oxygen atoms in total. The molecule has 2 aliphatic rings. The molecule has 2 aliphatic heterocycles. The Balaban J connectivity index is 1.51. The maximum atomic E-state index is 12.6. The Morgan fingerprint density at radius 1 is 1.29 bits per heavy atom. The Bertz CT molecular complexity index is 459. The topological polar surface area (TPSA) is 23.6 Å². The number of hydrogen-bond donors (Lipinski definition) is 0. The molecule has 3 rings (SSSR count). The number of rotatable bonds is 5. The van der Waals surface area contributed by atoms with Crippen molar-refractivity contribution in [2.45, 2.75) is 57.0 Å². The Morgan fingerprint density at radius 2 is 2.10 bits per heavy atom. The minimum absolute atomic E-state index is 0.384. The maximum absolute atomic E-state index is 12.6. The van der Waals surface area contributed by atoms with Crippen molar-refractivity contribution < 1.29 is 4.79 Å². The number of likely N-dealkylation sites (N-methyl/N-ethyl adjacent to an activating group) is 1. The fraction of sp³-hybridized carbons (Fsp3) is 0.706. The van der Waals surface area contributed by atoms with Crippen LogP contribution in [0.4, 0.5) is 0 Å². The van der Waals surface area contributed by atoms with Gasteiger partial charge in [-0.3, -0.25) is 4.79 Å². The second-order valence-electron chi connectivity index (χ2n) is 6.42. The minimum Gasteiger partial charge on any atom is -0.338 e. The zero-order valence-electron chi connectivity index (χ0n) is 13.0. The van der Waals surface area contributed by atoms with Gasteiger partial charge in [-0.25, -0.2) is 0 Å². The van der Waals surface area contributed by atoms with Crippen molar-refractivity contribution in [1.82, 2.24) is 9.80 Å². The minimum atomic E-state index is 0.384. The van der Waals surface area contributed by atoms with E-state index in [4.69, 9.17) is 0 Å². The van der Waals surface area contributed by atoms with Crippen LogP contribution >= 0.6 is 11.3 Å². The SMILES string of the molecule is CN1CCC[C@H]1[C@@H]1CCCN1C(=O)CCCc1cccs1. The summed E-state index contributed by atoms with van der Waals surface area (Å²) in [7, 11) is 2.22. The molecular formula is C17H26N2OS. The average molecular weight is 306 g/mol. The molecule has 0 saturated carbocycles. The van der Waals surface area contributed by atoms with E-state index in [0.29, 0.717) is 24.4 Å². The van der Waals surface area contributed by atoms with Crippen LogP contribution in [0.2, 0.25) is 0 Å². The quantitative estimate of drug-likeness (QED) is 0.834. The van der Waals surface area contributed by atoms with E-state index in [0.717, 1.165) is 19.4 Å². The van der Waals surface area contributed by atoms with Gasteiger partial charge in [-0.1, -0.05) is 6.07 Å². The number of nitrogens with zero attached hydrogens (tertiary/aromatic N) is 2. The molecule has 0 aliphatic carbocycles. The maximum Gasteiger partial charge on any atom is 0.222 e. The van der Waals surface area contributed by atoms with Gasteiger partial charge in [0.15, 0.2) is 0 Å². The first-order valence-corrected chi connectivity index (χ1v) is 9.16. The standard InChI is InChI=1S/C17H26N2OS/c1-18-11-3-8-15(18)16-9-4-12-19(16)17(20)10-2-6-14-7-5-13-21-14/h5,7,13,15-16H,2-4,6,8-12H2,1H3/t15-,16-/m0/s1. The van der Waals surface area contributed by atoms with E-state index < -0.39 is 0 Å². The third-order valence-corrected chi connectivity index (χ3v) is 5.97. The lowest BCUT2D eigenvalue weighted by molar-refractivity contribution is -0.133. The number of amides is 1. The molecule has 116 valence electrons. The zero-order chi connectivity index (χ0) is 14.7. The summed E-state index contributed by atoms with van der Waals surface area (Å²) >= 11 is 1.80. The summed E-state index contributed by atoms with van der Waals surface area (Å²) in [5.41, 5.74) is 0. The fourth-order valence-corrected chi connectivity index (χ4v) is 4.69. The highest BCUT2D eigenvalue weighted by atomic mass is 32.1. The Labute approximate surface area is 131 Å². The third-order valence-electron chi connectivity index (χ3n) is 5.03. The molecule has 0 spiro atoms. The van der Waals surface area contributed by atoms with Crippen LogP contribution < -0.4 is 0 Å². The van der Waals surface area contributed by atoms with Gasteiger partial charge in [0.25, 0.3) is 0 Å². The molecule has 2 saturated heterocycles. The predicted octanol–water partition coefficient (Wildman–Crippen LogP) is 3.16. The number of carbonyl (C=O) groups is 1. The van der Waals surface area contributed by atoms with Gasteiger partial charge in [-0.15, -0.1) is 11.3 Å². The summed E-state index contributed by atoms with van der Waals surface area (Å²) in [4.78, 5) is 18.6. The lowest BCUT2D eigenvalue weighted by Gasteiger charge is -2.33. The molecule has 4 heteroatoms. The van der Waals surface area contributed by atoms with E-state index in [1.807, 2.05) is 0 Å². The molecule has 1 amide bonds. The van der Waals surface area contributed by atoms with E-state index in [9.17, 15) is 4.79 Å². The Morgan fingerprint density at radius 3 is 2.81 bits per heavy atom. The first kappa shape index (κ1) is 15.0. The molecule has 0 unspecified atom stereocenters. The number of carbonyl (C=O) groups excluding carboxylic acids is 1. The van der Waals surface area contributed by atoms with Crippen molar-refractivity contribution in [2.24, 2.45) is 0 Å². The summed E-state index contributed by atoms with van der Waals surface area (Å²) in [5.74, 6) is 0.384. The molecule has 2 atom stereocenters. The second-order valence-corrected chi connectivity index (χ2v) is 7.45. The first-order chi connectivity index (χ1) is 10.3. The molecule has 1 aromatic rings. The molecule has 0 aromatic carbocycles. The van der Waals surface area contributed by atoms with Gasteiger partial charge in [-0.2, -0.15) is 0 Å². The van der Waals surface area contributed by atoms with Gasteiger partial charge in [-0.05, 0) is 63.6 Å². The molecular weight excluding hydrogens is 280 g/mol. The summed E-state index contributed by atoms with van der Waals surface area (Å²) in [6.45, 7) is 2.18. The molecule has 21 heavy (non-hydrogen) atoms. The molecule has 3 heterocycles. The Hall–Kier alpha value is -0.870. The molecule has 1 aromatic heterocycles. The summed E-state index contributed by atoms with van der Waals surface area (Å²) in [6, 6.07) is 5.34. The normalized spacial score (nSPS) is 26.6. The van der Waals surface area contributed by atoms with Crippen molar-refractivity contribution in [3.63, 3.8) is 0 Å². The van der Waals surface area contributed by atoms with Gasteiger partial charge in [0.1, 0.15) is 0 Å². The van der Waals surface area contributed by atoms with Gasteiger partial charge in [0.05, 0.1) is 0 Å². The highest BCUT2D eigenvalue weighted by molar-refractivity contribution is 7.09. The highest BCUT2D eigenvalue weighted by Gasteiger charge is 2.37. The van der Waals surface area contributed by atoms with E-state index in [1.165, 1.54) is 37.1 Å². The first-order valence-electron chi connectivity index (χ1n) is 8.28. The van der Waals surface area contributed by atoms with Crippen LogP contribution in [-0.4, -0.2) is 47.9 Å². The third kappa shape index (κ3) is 3.49. The number of likely N-dealkylation sites (tertiary alicyclic amines) is 2. The van der Waals surface area contributed by atoms with Crippen molar-refractivity contribution in [3.05, 3.63) is 22.4 Å². The van der Waals surface area contributed by atoms with E-state index >= 15 is 0 Å². The lowest BCUT2D eigenvalue weighted by atomic mass is 10.0. The largest absolute Gasteiger partial charge is 0.338 e. The van der Waals surface area contributed by atoms with Crippen LogP contribution in [0.1, 0.15) is 43.4 Å². The van der Waals surface area contributed by atoms with E-state index in [1.54, 1.807) is 11.3 Å². The van der Waals surface area contributed by atoms with Gasteiger partial charge in [0, 0.05) is 29.9 Å². The van der Waals surface area contributed by atoms with Gasteiger partial charge >= 0.3 is 0 Å². The summed E-state index contributed by atoms with van der Waals surface area (Å²) in [6.07, 6.45) is 7.69. The van der Waals surface area contributed by atoms with Crippen molar-refractivity contribution in [2.75, 3.05) is 20.1 Å². The lowest BCUT2D eigenvalue weighted by Crippen LogP contribution is -2.47. The molecule has 0 radical (unpaired) electrons. The molecule has 0 N–H and O–H groups in total. The Kier molecular flexibility index (Phi) is 4.96. The zero-order valence-corrected chi connectivity index (χ0v) is 13.8. The van der Waals surface area contributed by atoms with E-state index in [-0.39, 0.29) is 0 Å².